The van der Waals surface area contributed by atoms with Crippen LogP contribution in [0.3, 0.4) is 0 Å². The molecule has 1 aliphatic carbocycles. The van der Waals surface area contributed by atoms with E-state index in [1.54, 1.807) is 0 Å². The Hall–Kier alpha value is -8.51. The van der Waals surface area contributed by atoms with Gasteiger partial charge in [0.1, 0.15) is 5.52 Å². The first-order valence-electron chi connectivity index (χ1n) is 23.7. The Kier molecular flexibility index (Phi) is 7.97. The molecule has 14 aromatic rings. The minimum atomic E-state index is -0.159. The van der Waals surface area contributed by atoms with Crippen LogP contribution in [0.25, 0.3) is 114 Å². The molecular formula is C64H41N3OS. The van der Waals surface area contributed by atoms with Crippen LogP contribution in [0.5, 0.6) is 0 Å². The summed E-state index contributed by atoms with van der Waals surface area (Å²) in [6.07, 6.45) is 0. The van der Waals surface area contributed by atoms with E-state index in [1.165, 1.54) is 81.0 Å². The van der Waals surface area contributed by atoms with Crippen LogP contribution in [0.1, 0.15) is 25.0 Å². The number of benzene rings is 10. The predicted octanol–water partition coefficient (Wildman–Crippen LogP) is 18.1. The third-order valence-corrected chi connectivity index (χ3v) is 16.2. The van der Waals surface area contributed by atoms with Gasteiger partial charge >= 0.3 is 0 Å². The summed E-state index contributed by atoms with van der Waals surface area (Å²) in [4.78, 5) is 7.58. The quantitative estimate of drug-likeness (QED) is 0.167. The van der Waals surface area contributed by atoms with Crippen molar-refractivity contribution in [3.8, 4) is 44.8 Å². The van der Waals surface area contributed by atoms with Gasteiger partial charge in [-0.2, -0.15) is 0 Å². The van der Waals surface area contributed by atoms with Gasteiger partial charge in [-0.15, -0.1) is 11.3 Å². The largest absolute Gasteiger partial charge is 0.435 e. The van der Waals surface area contributed by atoms with Crippen molar-refractivity contribution in [1.29, 1.82) is 0 Å². The SMILES string of the molecule is CC1(C)c2ccccc2-c2ccc(N(c3ccc(-c4cccc5c4sc4c(-c6ccccc6)cccc45)cc3)c3ccc4c(c3)c3c5oc(-c6ccccc6)nc5cc5c6ccccc6n4c53)cc21. The number of thiophene rings is 1. The van der Waals surface area contributed by atoms with Crippen molar-refractivity contribution in [2.45, 2.75) is 19.3 Å². The average molecular weight is 900 g/mol. The summed E-state index contributed by atoms with van der Waals surface area (Å²) < 4.78 is 11.9. The minimum absolute atomic E-state index is 0.159. The van der Waals surface area contributed by atoms with Crippen LogP contribution in [0, 0.1) is 0 Å². The molecule has 10 aromatic carbocycles. The molecule has 0 N–H and O–H groups in total. The summed E-state index contributed by atoms with van der Waals surface area (Å²) in [5, 5.41) is 7.19. The number of fused-ring (bicyclic) bond motifs is 14. The summed E-state index contributed by atoms with van der Waals surface area (Å²) in [5.41, 5.74) is 19.5. The molecule has 0 aliphatic heterocycles. The Morgan fingerprint density at radius 1 is 0.449 bits per heavy atom. The molecule has 15 rings (SSSR count). The van der Waals surface area contributed by atoms with Crippen molar-refractivity contribution in [3.63, 3.8) is 0 Å². The first-order valence-corrected chi connectivity index (χ1v) is 24.5. The Morgan fingerprint density at radius 3 is 1.80 bits per heavy atom. The summed E-state index contributed by atoms with van der Waals surface area (Å²) in [6.45, 7) is 4.72. The summed E-state index contributed by atoms with van der Waals surface area (Å²) in [6, 6.07) is 77.6. The molecule has 0 bridgehead atoms. The molecule has 324 valence electrons. The number of oxazole rings is 1. The number of aromatic nitrogens is 2. The predicted molar refractivity (Wildman–Crippen MR) is 290 cm³/mol. The molecule has 0 fully saturated rings. The van der Waals surface area contributed by atoms with Crippen molar-refractivity contribution < 1.29 is 4.42 Å². The first kappa shape index (κ1) is 38.6. The van der Waals surface area contributed by atoms with Gasteiger partial charge in [-0.05, 0) is 111 Å². The summed E-state index contributed by atoms with van der Waals surface area (Å²) in [5.74, 6) is 0.626. The second-order valence-electron chi connectivity index (χ2n) is 19.1. The van der Waals surface area contributed by atoms with Gasteiger partial charge in [-0.1, -0.05) is 159 Å². The van der Waals surface area contributed by atoms with Gasteiger partial charge in [-0.3, -0.25) is 0 Å². The Morgan fingerprint density at radius 2 is 1.03 bits per heavy atom. The molecule has 4 aromatic heterocycles. The van der Waals surface area contributed by atoms with Crippen molar-refractivity contribution >= 4 is 97.8 Å². The number of nitrogens with zero attached hydrogens (tertiary/aromatic N) is 3. The lowest BCUT2D eigenvalue weighted by Gasteiger charge is -2.28. The summed E-state index contributed by atoms with van der Waals surface area (Å²) in [7, 11) is 0. The van der Waals surface area contributed by atoms with Gasteiger partial charge in [0.05, 0.1) is 21.9 Å². The van der Waals surface area contributed by atoms with Gasteiger partial charge in [0.15, 0.2) is 5.58 Å². The average Bonchev–Trinajstić information content (AvgIpc) is 4.21. The van der Waals surface area contributed by atoms with Crippen molar-refractivity contribution in [2.24, 2.45) is 0 Å². The van der Waals surface area contributed by atoms with E-state index >= 15 is 0 Å². The third kappa shape index (κ3) is 5.48. The van der Waals surface area contributed by atoms with E-state index in [0.717, 1.165) is 55.5 Å². The number of para-hydroxylation sites is 1. The lowest BCUT2D eigenvalue weighted by atomic mass is 9.82. The van der Waals surface area contributed by atoms with Gasteiger partial charge in [0.2, 0.25) is 5.89 Å². The van der Waals surface area contributed by atoms with Crippen LogP contribution in [-0.4, -0.2) is 9.38 Å². The van der Waals surface area contributed by atoms with E-state index in [2.05, 4.69) is 217 Å². The topological polar surface area (TPSA) is 33.7 Å². The fourth-order valence-corrected chi connectivity index (χ4v) is 13.1. The maximum absolute atomic E-state index is 6.84. The zero-order valence-electron chi connectivity index (χ0n) is 37.9. The van der Waals surface area contributed by atoms with Crippen LogP contribution in [0.2, 0.25) is 0 Å². The normalized spacial score (nSPS) is 13.2. The van der Waals surface area contributed by atoms with Crippen LogP contribution < -0.4 is 4.90 Å². The molecule has 0 radical (unpaired) electrons. The van der Waals surface area contributed by atoms with Gasteiger partial charge in [0, 0.05) is 64.4 Å². The highest BCUT2D eigenvalue weighted by Gasteiger charge is 2.36. The minimum Gasteiger partial charge on any atom is -0.435 e. The highest BCUT2D eigenvalue weighted by atomic mass is 32.1. The molecule has 0 atom stereocenters. The maximum atomic E-state index is 6.84. The van der Waals surface area contributed by atoms with Gasteiger partial charge in [0.25, 0.3) is 0 Å². The van der Waals surface area contributed by atoms with E-state index in [9.17, 15) is 0 Å². The first-order chi connectivity index (χ1) is 34.0. The molecule has 1 aliphatic rings. The number of hydrogen-bond acceptors (Lipinski definition) is 4. The molecule has 4 heterocycles. The second-order valence-corrected chi connectivity index (χ2v) is 20.1. The third-order valence-electron chi connectivity index (χ3n) is 15.0. The monoisotopic (exact) mass is 899 g/mol. The van der Waals surface area contributed by atoms with Crippen LogP contribution >= 0.6 is 11.3 Å². The molecule has 0 unspecified atom stereocenters. The molecule has 0 saturated heterocycles. The molecule has 0 saturated carbocycles. The number of rotatable bonds is 6. The Bertz CT molecular complexity index is 4390. The lowest BCUT2D eigenvalue weighted by Crippen LogP contribution is -2.16. The highest BCUT2D eigenvalue weighted by Crippen LogP contribution is 2.52. The molecule has 69 heavy (non-hydrogen) atoms. The fraction of sp³-hybridized carbons (Fsp3) is 0.0469. The van der Waals surface area contributed by atoms with Crippen molar-refractivity contribution in [3.05, 3.63) is 223 Å². The van der Waals surface area contributed by atoms with E-state index in [1.807, 2.05) is 29.5 Å². The molecular weight excluding hydrogens is 859 g/mol. The molecule has 0 amide bonds. The Labute approximate surface area is 401 Å². The fourth-order valence-electron chi connectivity index (χ4n) is 11.7. The van der Waals surface area contributed by atoms with Crippen LogP contribution in [0.4, 0.5) is 17.1 Å². The van der Waals surface area contributed by atoms with Crippen LogP contribution in [0.15, 0.2) is 217 Å². The van der Waals surface area contributed by atoms with Gasteiger partial charge in [-0.25, -0.2) is 4.98 Å². The standard InChI is InChI=1S/C64H41N3OS/c1-64(2)53-25-11-9-19-46(53)47-33-31-43(36-54(47)64)66(41-29-27-39(28-30-41)45-22-14-24-50-49-23-13-21-44(61(49)69-62(45)50)38-15-5-3-6-16-38)42-32-34-57-52(35-42)58-59-51(48-20-10-12-26-56(48)67(57)59)37-55-60(58)68-63(65-55)40-17-7-4-8-18-40/h3-37H,1-2H3. The van der Waals surface area contributed by atoms with E-state index in [4.69, 9.17) is 9.40 Å². The smallest absolute Gasteiger partial charge is 0.227 e. The van der Waals surface area contributed by atoms with Crippen molar-refractivity contribution in [2.75, 3.05) is 4.90 Å². The highest BCUT2D eigenvalue weighted by molar-refractivity contribution is 7.26. The van der Waals surface area contributed by atoms with Gasteiger partial charge < -0.3 is 13.7 Å². The van der Waals surface area contributed by atoms with E-state index in [-0.39, 0.29) is 5.41 Å². The lowest BCUT2D eigenvalue weighted by molar-refractivity contribution is 0.623. The number of hydrogen-bond donors (Lipinski definition) is 0. The second kappa shape index (κ2) is 14.3. The molecule has 5 heteroatoms. The zero-order chi connectivity index (χ0) is 45.5. The van der Waals surface area contributed by atoms with E-state index in [0.29, 0.717) is 5.89 Å². The maximum Gasteiger partial charge on any atom is 0.227 e. The Balaban J connectivity index is 0.939. The number of anilines is 3. The summed E-state index contributed by atoms with van der Waals surface area (Å²) >= 11 is 1.90. The van der Waals surface area contributed by atoms with E-state index < -0.39 is 0 Å². The van der Waals surface area contributed by atoms with Crippen LogP contribution in [-0.2, 0) is 5.41 Å². The molecule has 0 spiro atoms. The zero-order valence-corrected chi connectivity index (χ0v) is 38.7. The van der Waals surface area contributed by atoms with Crippen molar-refractivity contribution in [1.82, 2.24) is 9.38 Å². The molecule has 4 nitrogen and oxygen atoms in total.